The number of rotatable bonds is 5. The van der Waals surface area contributed by atoms with E-state index in [2.05, 4.69) is 30.9 Å². The van der Waals surface area contributed by atoms with E-state index in [1.807, 2.05) is 44.4 Å². The molecular weight excluding hydrogens is 342 g/mol. The highest BCUT2D eigenvalue weighted by molar-refractivity contribution is 5.95. The molecule has 3 N–H and O–H groups in total. The molecule has 1 amide bonds. The molecule has 25 heavy (non-hydrogen) atoms. The third-order valence-electron chi connectivity index (χ3n) is 3.59. The first-order valence-corrected chi connectivity index (χ1v) is 7.53. The Morgan fingerprint density at radius 3 is 2.76 bits per heavy atom. The van der Waals surface area contributed by atoms with E-state index in [4.69, 9.17) is 0 Å². The molecule has 0 fully saturated rings. The third kappa shape index (κ3) is 4.23. The Bertz CT molecular complexity index is 858. The van der Waals surface area contributed by atoms with Gasteiger partial charge in [-0.15, -0.1) is 12.4 Å². The molecule has 0 aliphatic rings. The summed E-state index contributed by atoms with van der Waals surface area (Å²) in [4.78, 5) is 16.9. The van der Waals surface area contributed by atoms with E-state index in [0.717, 1.165) is 17.0 Å². The zero-order chi connectivity index (χ0) is 17.1. The highest BCUT2D eigenvalue weighted by Gasteiger charge is 2.20. The SMILES string of the molecule is CNC(C(=O)Nc1cccc(-c2n[nH]c(C)n2)c1)c1cnn(C)c1.Cl. The number of carbonyl (C=O) groups is 1. The Balaban J connectivity index is 0.00000225. The molecule has 3 aromatic rings. The van der Waals surface area contributed by atoms with Crippen LogP contribution in [0.4, 0.5) is 5.69 Å². The number of H-pyrrole nitrogens is 1. The average Bonchev–Trinajstić information content (AvgIpc) is 3.17. The van der Waals surface area contributed by atoms with Crippen LogP contribution >= 0.6 is 12.4 Å². The van der Waals surface area contributed by atoms with E-state index in [-0.39, 0.29) is 18.3 Å². The smallest absolute Gasteiger partial charge is 0.246 e. The van der Waals surface area contributed by atoms with Crippen molar-refractivity contribution in [2.45, 2.75) is 13.0 Å². The zero-order valence-electron chi connectivity index (χ0n) is 14.1. The van der Waals surface area contributed by atoms with Crippen LogP contribution in [0.5, 0.6) is 0 Å². The fourth-order valence-corrected chi connectivity index (χ4v) is 2.46. The van der Waals surface area contributed by atoms with Crippen molar-refractivity contribution in [2.75, 3.05) is 12.4 Å². The number of hydrogen-bond acceptors (Lipinski definition) is 5. The lowest BCUT2D eigenvalue weighted by atomic mass is 10.1. The number of nitrogens with zero attached hydrogens (tertiary/aromatic N) is 4. The summed E-state index contributed by atoms with van der Waals surface area (Å²) < 4.78 is 1.67. The highest BCUT2D eigenvalue weighted by Crippen LogP contribution is 2.21. The highest BCUT2D eigenvalue weighted by atomic mass is 35.5. The minimum atomic E-state index is -0.479. The van der Waals surface area contributed by atoms with Gasteiger partial charge in [-0.25, -0.2) is 4.98 Å². The van der Waals surface area contributed by atoms with Gasteiger partial charge in [0.25, 0.3) is 0 Å². The van der Waals surface area contributed by atoms with Gasteiger partial charge in [-0.1, -0.05) is 12.1 Å². The Hall–Kier alpha value is -2.71. The van der Waals surface area contributed by atoms with Crippen LogP contribution in [0.3, 0.4) is 0 Å². The van der Waals surface area contributed by atoms with Crippen LogP contribution in [0.15, 0.2) is 36.7 Å². The van der Waals surface area contributed by atoms with Crippen LogP contribution < -0.4 is 10.6 Å². The van der Waals surface area contributed by atoms with E-state index in [9.17, 15) is 4.79 Å². The van der Waals surface area contributed by atoms with Gasteiger partial charge >= 0.3 is 0 Å². The number of aromatic nitrogens is 5. The molecule has 1 aromatic carbocycles. The molecule has 0 radical (unpaired) electrons. The second-order valence-corrected chi connectivity index (χ2v) is 5.48. The van der Waals surface area contributed by atoms with Crippen molar-refractivity contribution in [2.24, 2.45) is 7.05 Å². The summed E-state index contributed by atoms with van der Waals surface area (Å²) in [7, 11) is 3.56. The van der Waals surface area contributed by atoms with Crippen molar-refractivity contribution in [3.8, 4) is 11.4 Å². The van der Waals surface area contributed by atoms with Crippen molar-refractivity contribution in [1.29, 1.82) is 0 Å². The van der Waals surface area contributed by atoms with Crippen molar-refractivity contribution in [3.05, 3.63) is 48.0 Å². The Labute approximate surface area is 151 Å². The second-order valence-electron chi connectivity index (χ2n) is 5.48. The molecule has 0 spiro atoms. The molecule has 132 valence electrons. The van der Waals surface area contributed by atoms with E-state index < -0.39 is 6.04 Å². The molecule has 0 saturated heterocycles. The molecule has 0 aliphatic heterocycles. The molecule has 1 unspecified atom stereocenters. The monoisotopic (exact) mass is 361 g/mol. The number of hydrogen-bond donors (Lipinski definition) is 3. The first-order chi connectivity index (χ1) is 11.6. The predicted octanol–water partition coefficient (Wildman–Crippen LogP) is 1.83. The predicted molar refractivity (Wildman–Crippen MR) is 97.4 cm³/mol. The molecule has 2 heterocycles. The van der Waals surface area contributed by atoms with Gasteiger partial charge in [0.1, 0.15) is 11.9 Å². The number of likely N-dealkylation sites (N-methyl/N-ethyl adjacent to an activating group) is 1. The summed E-state index contributed by atoms with van der Waals surface area (Å²) in [5, 5.41) is 17.0. The number of benzene rings is 1. The number of carbonyl (C=O) groups excluding carboxylic acids is 1. The van der Waals surface area contributed by atoms with Gasteiger partial charge in [0.05, 0.1) is 6.20 Å². The van der Waals surface area contributed by atoms with Gasteiger partial charge in [0.2, 0.25) is 5.91 Å². The molecule has 8 nitrogen and oxygen atoms in total. The van der Waals surface area contributed by atoms with Crippen molar-refractivity contribution < 1.29 is 4.79 Å². The summed E-state index contributed by atoms with van der Waals surface area (Å²) in [6, 6.07) is 6.95. The summed E-state index contributed by atoms with van der Waals surface area (Å²) in [5.41, 5.74) is 2.32. The van der Waals surface area contributed by atoms with Gasteiger partial charge in [0, 0.05) is 30.1 Å². The van der Waals surface area contributed by atoms with Crippen LogP contribution in [-0.4, -0.2) is 37.9 Å². The van der Waals surface area contributed by atoms with Crippen LogP contribution in [0.25, 0.3) is 11.4 Å². The van der Waals surface area contributed by atoms with Crippen LogP contribution in [0, 0.1) is 6.92 Å². The summed E-state index contributed by atoms with van der Waals surface area (Å²) >= 11 is 0. The molecule has 9 heteroatoms. The number of aryl methyl sites for hydroxylation is 2. The lowest BCUT2D eigenvalue weighted by molar-refractivity contribution is -0.118. The number of aromatic amines is 1. The van der Waals surface area contributed by atoms with Gasteiger partial charge in [-0.3, -0.25) is 14.6 Å². The topological polar surface area (TPSA) is 101 Å². The molecule has 0 aliphatic carbocycles. The number of amides is 1. The Kier molecular flexibility index (Phi) is 5.89. The van der Waals surface area contributed by atoms with E-state index in [0.29, 0.717) is 11.5 Å². The van der Waals surface area contributed by atoms with Crippen molar-refractivity contribution >= 4 is 24.0 Å². The van der Waals surface area contributed by atoms with Crippen LogP contribution in [-0.2, 0) is 11.8 Å². The van der Waals surface area contributed by atoms with E-state index in [1.54, 1.807) is 17.9 Å². The Morgan fingerprint density at radius 1 is 1.36 bits per heavy atom. The molecule has 0 saturated carbocycles. The fourth-order valence-electron chi connectivity index (χ4n) is 2.46. The minimum absolute atomic E-state index is 0. The van der Waals surface area contributed by atoms with E-state index >= 15 is 0 Å². The summed E-state index contributed by atoms with van der Waals surface area (Å²) in [5.74, 6) is 1.18. The maximum atomic E-state index is 12.6. The summed E-state index contributed by atoms with van der Waals surface area (Å²) in [6.07, 6.45) is 3.49. The molecule has 2 aromatic heterocycles. The second kappa shape index (κ2) is 7.91. The van der Waals surface area contributed by atoms with Crippen molar-refractivity contribution in [1.82, 2.24) is 30.3 Å². The first-order valence-electron chi connectivity index (χ1n) is 7.53. The normalized spacial score (nSPS) is 11.6. The Morgan fingerprint density at radius 2 is 2.16 bits per heavy atom. The van der Waals surface area contributed by atoms with Gasteiger partial charge in [0.15, 0.2) is 5.82 Å². The maximum Gasteiger partial charge on any atom is 0.246 e. The van der Waals surface area contributed by atoms with Gasteiger partial charge in [-0.05, 0) is 26.1 Å². The van der Waals surface area contributed by atoms with Gasteiger partial charge in [-0.2, -0.15) is 10.2 Å². The van der Waals surface area contributed by atoms with Crippen molar-refractivity contribution in [3.63, 3.8) is 0 Å². The maximum absolute atomic E-state index is 12.6. The summed E-state index contributed by atoms with van der Waals surface area (Å²) in [6.45, 7) is 1.84. The molecule has 3 rings (SSSR count). The van der Waals surface area contributed by atoms with Crippen LogP contribution in [0.2, 0.25) is 0 Å². The molecular formula is C16H20ClN7O. The third-order valence-corrected chi connectivity index (χ3v) is 3.59. The number of anilines is 1. The lowest BCUT2D eigenvalue weighted by Gasteiger charge is -2.14. The van der Waals surface area contributed by atoms with Crippen LogP contribution in [0.1, 0.15) is 17.4 Å². The first kappa shape index (κ1) is 18.6. The largest absolute Gasteiger partial charge is 0.324 e. The molecule has 0 bridgehead atoms. The zero-order valence-corrected chi connectivity index (χ0v) is 15.0. The van der Waals surface area contributed by atoms with Gasteiger partial charge < -0.3 is 10.6 Å². The number of halogens is 1. The fraction of sp³-hybridized carbons (Fsp3) is 0.250. The standard InChI is InChI=1S/C16H19N7O.ClH/c1-10-19-15(22-21-10)11-5-4-6-13(7-11)20-16(24)14(17-2)12-8-18-23(3)9-12;/h4-9,14,17H,1-3H3,(H,20,24)(H,19,21,22);1H. The van der Waals surface area contributed by atoms with E-state index in [1.165, 1.54) is 0 Å². The minimum Gasteiger partial charge on any atom is -0.324 e. The molecule has 1 atom stereocenters. The number of nitrogens with one attached hydrogen (secondary N) is 3. The lowest BCUT2D eigenvalue weighted by Crippen LogP contribution is -2.30. The quantitative estimate of drug-likeness (QED) is 0.643. The average molecular weight is 362 g/mol.